The number of benzene rings is 2. The van der Waals surface area contributed by atoms with Crippen LogP contribution in [-0.2, 0) is 4.79 Å². The third-order valence-corrected chi connectivity index (χ3v) is 4.15. The van der Waals surface area contributed by atoms with E-state index < -0.39 is 4.92 Å². The first-order valence-electron chi connectivity index (χ1n) is 7.63. The van der Waals surface area contributed by atoms with Crippen molar-refractivity contribution in [1.82, 2.24) is 4.98 Å². The second-order valence-corrected chi connectivity index (χ2v) is 6.22. The van der Waals surface area contributed by atoms with E-state index in [1.807, 2.05) is 29.6 Å². The van der Waals surface area contributed by atoms with Crippen LogP contribution < -0.4 is 5.32 Å². The van der Waals surface area contributed by atoms with E-state index in [-0.39, 0.29) is 11.6 Å². The number of aliphatic imine (C=N–C) groups is 1. The van der Waals surface area contributed by atoms with E-state index in [0.717, 1.165) is 16.9 Å². The van der Waals surface area contributed by atoms with Gasteiger partial charge in [0.05, 0.1) is 10.6 Å². The zero-order valence-corrected chi connectivity index (χ0v) is 14.6. The molecule has 130 valence electrons. The lowest BCUT2D eigenvalue weighted by Crippen LogP contribution is -2.05. The molecule has 0 atom stereocenters. The Hall–Kier alpha value is -3.39. The molecule has 3 aromatic rings. The van der Waals surface area contributed by atoms with Gasteiger partial charge in [0.1, 0.15) is 0 Å². The number of hydrogen-bond donors (Lipinski definition) is 1. The number of carbonyl (C=O) groups is 1. The standard InChI is InChI=1S/C18H14N4O3S/c1-12(23)20-15-7-5-14(6-8-15)17-11-26-18(21-17)19-10-13-3-2-4-16(9-13)22(24)25/h2-11H,1H3,(H,20,23)/b19-10+. The van der Waals surface area contributed by atoms with E-state index in [0.29, 0.717) is 10.7 Å². The number of rotatable bonds is 5. The van der Waals surface area contributed by atoms with E-state index in [2.05, 4.69) is 15.3 Å². The van der Waals surface area contributed by atoms with Crippen LogP contribution >= 0.6 is 11.3 Å². The highest BCUT2D eigenvalue weighted by Gasteiger charge is 2.06. The Morgan fingerprint density at radius 1 is 1.27 bits per heavy atom. The highest BCUT2D eigenvalue weighted by Crippen LogP contribution is 2.27. The lowest BCUT2D eigenvalue weighted by molar-refractivity contribution is -0.384. The predicted molar refractivity (Wildman–Crippen MR) is 102 cm³/mol. The molecule has 2 aromatic carbocycles. The third kappa shape index (κ3) is 4.37. The van der Waals surface area contributed by atoms with Gasteiger partial charge in [0.15, 0.2) is 0 Å². The van der Waals surface area contributed by atoms with E-state index >= 15 is 0 Å². The summed E-state index contributed by atoms with van der Waals surface area (Å²) in [5.41, 5.74) is 3.06. The summed E-state index contributed by atoms with van der Waals surface area (Å²) in [6.45, 7) is 1.46. The Balaban J connectivity index is 1.74. The summed E-state index contributed by atoms with van der Waals surface area (Å²) in [7, 11) is 0. The molecular weight excluding hydrogens is 352 g/mol. The van der Waals surface area contributed by atoms with Gasteiger partial charge in [0.25, 0.3) is 5.69 Å². The van der Waals surface area contributed by atoms with Gasteiger partial charge < -0.3 is 5.32 Å². The number of nitrogens with one attached hydrogen (secondary N) is 1. The fourth-order valence-electron chi connectivity index (χ4n) is 2.23. The Morgan fingerprint density at radius 2 is 2.04 bits per heavy atom. The molecule has 26 heavy (non-hydrogen) atoms. The molecule has 0 bridgehead atoms. The molecule has 0 aliphatic carbocycles. The average molecular weight is 366 g/mol. The summed E-state index contributed by atoms with van der Waals surface area (Å²) < 4.78 is 0. The van der Waals surface area contributed by atoms with Gasteiger partial charge in [-0.1, -0.05) is 24.3 Å². The van der Waals surface area contributed by atoms with Gasteiger partial charge in [0, 0.05) is 41.9 Å². The molecule has 0 aliphatic heterocycles. The third-order valence-electron chi connectivity index (χ3n) is 3.40. The summed E-state index contributed by atoms with van der Waals surface area (Å²) in [5.74, 6) is -0.121. The summed E-state index contributed by atoms with van der Waals surface area (Å²) in [4.78, 5) is 30.1. The molecular formula is C18H14N4O3S. The first-order valence-corrected chi connectivity index (χ1v) is 8.51. The molecule has 1 N–H and O–H groups in total. The van der Waals surface area contributed by atoms with Crippen molar-refractivity contribution in [2.24, 2.45) is 4.99 Å². The molecule has 1 aromatic heterocycles. The average Bonchev–Trinajstić information content (AvgIpc) is 3.09. The smallest absolute Gasteiger partial charge is 0.270 e. The molecule has 0 radical (unpaired) electrons. The number of anilines is 1. The van der Waals surface area contributed by atoms with Gasteiger partial charge in [-0.05, 0) is 17.7 Å². The minimum atomic E-state index is -0.441. The molecule has 1 heterocycles. The number of aromatic nitrogens is 1. The van der Waals surface area contributed by atoms with Crippen LogP contribution in [0.4, 0.5) is 16.5 Å². The highest BCUT2D eigenvalue weighted by molar-refractivity contribution is 7.13. The molecule has 0 unspecified atom stereocenters. The van der Waals surface area contributed by atoms with Crippen LogP contribution in [0.5, 0.6) is 0 Å². The SMILES string of the molecule is CC(=O)Nc1ccc(-c2csc(/N=C/c3cccc([N+](=O)[O-])c3)n2)cc1. The maximum atomic E-state index is 11.0. The summed E-state index contributed by atoms with van der Waals surface area (Å²) >= 11 is 1.38. The van der Waals surface area contributed by atoms with Crippen molar-refractivity contribution in [2.45, 2.75) is 6.92 Å². The monoisotopic (exact) mass is 366 g/mol. The molecule has 0 fully saturated rings. The van der Waals surface area contributed by atoms with Crippen LogP contribution in [0, 0.1) is 10.1 Å². The van der Waals surface area contributed by atoms with Crippen LogP contribution in [0.25, 0.3) is 11.3 Å². The minimum Gasteiger partial charge on any atom is -0.326 e. The molecule has 8 heteroatoms. The normalized spacial score (nSPS) is 10.8. The fourth-order valence-corrected chi connectivity index (χ4v) is 2.90. The summed E-state index contributed by atoms with van der Waals surface area (Å²) in [6.07, 6.45) is 1.55. The second kappa shape index (κ2) is 7.66. The van der Waals surface area contributed by atoms with Crippen LogP contribution in [0.3, 0.4) is 0 Å². The van der Waals surface area contributed by atoms with Crippen LogP contribution in [0.15, 0.2) is 58.9 Å². The Labute approximate surface area is 153 Å². The van der Waals surface area contributed by atoms with Crippen LogP contribution in [-0.4, -0.2) is 22.0 Å². The number of non-ortho nitro benzene ring substituents is 1. The number of amides is 1. The number of nitrogens with zero attached hydrogens (tertiary/aromatic N) is 3. The lowest BCUT2D eigenvalue weighted by Gasteiger charge is -2.02. The summed E-state index contributed by atoms with van der Waals surface area (Å²) in [5, 5.41) is 15.9. The van der Waals surface area contributed by atoms with Crippen LogP contribution in [0.2, 0.25) is 0 Å². The number of carbonyl (C=O) groups excluding carboxylic acids is 1. The molecule has 0 saturated carbocycles. The van der Waals surface area contributed by atoms with Crippen molar-refractivity contribution in [3.63, 3.8) is 0 Å². The number of nitro benzene ring substituents is 1. The number of thiazole rings is 1. The molecule has 3 rings (SSSR count). The predicted octanol–water partition coefficient (Wildman–Crippen LogP) is 4.43. The van der Waals surface area contributed by atoms with E-state index in [9.17, 15) is 14.9 Å². The van der Waals surface area contributed by atoms with E-state index in [1.165, 1.54) is 30.4 Å². The van der Waals surface area contributed by atoms with Gasteiger partial charge >= 0.3 is 0 Å². The van der Waals surface area contributed by atoms with E-state index in [1.54, 1.807) is 18.3 Å². The van der Waals surface area contributed by atoms with Crippen molar-refractivity contribution < 1.29 is 9.72 Å². The topological polar surface area (TPSA) is 97.5 Å². The molecule has 1 amide bonds. The Bertz CT molecular complexity index is 980. The molecule has 0 aliphatic rings. The van der Waals surface area contributed by atoms with Gasteiger partial charge in [-0.3, -0.25) is 14.9 Å². The maximum Gasteiger partial charge on any atom is 0.270 e. The van der Waals surface area contributed by atoms with Gasteiger partial charge in [-0.15, -0.1) is 11.3 Å². The van der Waals surface area contributed by atoms with E-state index in [4.69, 9.17) is 0 Å². The highest BCUT2D eigenvalue weighted by atomic mass is 32.1. The summed E-state index contributed by atoms with van der Waals surface area (Å²) in [6, 6.07) is 13.6. The largest absolute Gasteiger partial charge is 0.326 e. The quantitative estimate of drug-likeness (QED) is 0.410. The van der Waals surface area contributed by atoms with Crippen molar-refractivity contribution in [2.75, 3.05) is 5.32 Å². The first kappa shape index (κ1) is 17.4. The van der Waals surface area contributed by atoms with Gasteiger partial charge in [-0.2, -0.15) is 0 Å². The number of nitro groups is 1. The maximum absolute atomic E-state index is 11.0. The second-order valence-electron chi connectivity index (χ2n) is 5.38. The Kier molecular flexibility index (Phi) is 5.14. The zero-order valence-electron chi connectivity index (χ0n) is 13.7. The zero-order chi connectivity index (χ0) is 18.5. The fraction of sp³-hybridized carbons (Fsp3) is 0.0556. The number of hydrogen-bond acceptors (Lipinski definition) is 6. The van der Waals surface area contributed by atoms with Crippen molar-refractivity contribution in [3.8, 4) is 11.3 Å². The van der Waals surface area contributed by atoms with Crippen LogP contribution in [0.1, 0.15) is 12.5 Å². The lowest BCUT2D eigenvalue weighted by atomic mass is 10.1. The van der Waals surface area contributed by atoms with Crippen molar-refractivity contribution in [1.29, 1.82) is 0 Å². The Morgan fingerprint density at radius 3 is 2.73 bits per heavy atom. The minimum absolute atomic E-state index is 0.0213. The van der Waals surface area contributed by atoms with Gasteiger partial charge in [-0.25, -0.2) is 9.98 Å². The first-order chi connectivity index (χ1) is 12.5. The van der Waals surface area contributed by atoms with Crippen molar-refractivity contribution in [3.05, 3.63) is 69.6 Å². The van der Waals surface area contributed by atoms with Crippen molar-refractivity contribution >= 4 is 40.0 Å². The van der Waals surface area contributed by atoms with Gasteiger partial charge in [0.2, 0.25) is 11.0 Å². The molecule has 0 spiro atoms. The molecule has 0 saturated heterocycles. The molecule has 7 nitrogen and oxygen atoms in total.